The molecule has 0 unspecified atom stereocenters. The largest absolute Gasteiger partial charge is 0.469 e. The topological polar surface area (TPSA) is 78.2 Å². The molecule has 1 aliphatic rings. The summed E-state index contributed by atoms with van der Waals surface area (Å²) >= 11 is 1.51. The minimum absolute atomic E-state index is 0.591. The third-order valence-corrected chi connectivity index (χ3v) is 4.47. The first-order chi connectivity index (χ1) is 11.3. The van der Waals surface area contributed by atoms with Gasteiger partial charge in [-0.3, -0.25) is 4.90 Å². The maximum absolute atomic E-state index is 8.82. The molecule has 1 saturated heterocycles. The van der Waals surface area contributed by atoms with Crippen LogP contribution < -0.4 is 9.64 Å². The molecule has 3 heterocycles. The number of nitriles is 1. The Morgan fingerprint density at radius 2 is 2.09 bits per heavy atom. The molecule has 0 atom stereocenters. The zero-order valence-corrected chi connectivity index (χ0v) is 13.8. The standard InChI is InChI=1S/C15H18N6OS/c1-2-22-15-19-18-14(23-15)11-20-5-7-21(8-6-20)13-4-3-12(9-16)10-17-13/h3-4,10H,2,5-8,11H2,1H3. The van der Waals surface area contributed by atoms with Gasteiger partial charge in [0.2, 0.25) is 0 Å². The number of hydrogen-bond acceptors (Lipinski definition) is 8. The molecule has 1 fully saturated rings. The third-order valence-electron chi connectivity index (χ3n) is 3.65. The normalized spacial score (nSPS) is 15.4. The SMILES string of the molecule is CCOc1nnc(CN2CCN(c3ccc(C#N)cn3)CC2)s1. The number of hydrogen-bond donors (Lipinski definition) is 0. The van der Waals surface area contributed by atoms with E-state index in [1.165, 1.54) is 11.3 Å². The van der Waals surface area contributed by atoms with Gasteiger partial charge in [-0.2, -0.15) is 5.26 Å². The van der Waals surface area contributed by atoms with Gasteiger partial charge in [-0.15, -0.1) is 10.2 Å². The molecule has 0 amide bonds. The lowest BCUT2D eigenvalue weighted by Gasteiger charge is -2.34. The lowest BCUT2D eigenvalue weighted by Crippen LogP contribution is -2.46. The Morgan fingerprint density at radius 1 is 1.26 bits per heavy atom. The van der Waals surface area contributed by atoms with Crippen molar-refractivity contribution in [2.75, 3.05) is 37.7 Å². The molecule has 0 saturated carbocycles. The van der Waals surface area contributed by atoms with Crippen molar-refractivity contribution in [3.8, 4) is 11.3 Å². The van der Waals surface area contributed by atoms with Crippen LogP contribution in [0.5, 0.6) is 5.19 Å². The quantitative estimate of drug-likeness (QED) is 0.822. The monoisotopic (exact) mass is 330 g/mol. The number of nitrogens with zero attached hydrogens (tertiary/aromatic N) is 6. The van der Waals surface area contributed by atoms with Crippen molar-refractivity contribution in [1.29, 1.82) is 5.26 Å². The van der Waals surface area contributed by atoms with E-state index < -0.39 is 0 Å². The van der Waals surface area contributed by atoms with Crippen LogP contribution in [0.25, 0.3) is 0 Å². The molecule has 120 valence electrons. The van der Waals surface area contributed by atoms with Gasteiger partial charge in [-0.05, 0) is 19.1 Å². The number of piperazine rings is 1. The summed E-state index contributed by atoms with van der Waals surface area (Å²) in [5.74, 6) is 0.929. The fourth-order valence-electron chi connectivity index (χ4n) is 2.45. The van der Waals surface area contributed by atoms with Crippen LogP contribution >= 0.6 is 11.3 Å². The Labute approximate surface area is 139 Å². The smallest absolute Gasteiger partial charge is 0.294 e. The second-order valence-electron chi connectivity index (χ2n) is 5.17. The zero-order chi connectivity index (χ0) is 16.1. The molecular formula is C15H18N6OS. The van der Waals surface area contributed by atoms with Crippen molar-refractivity contribution in [2.45, 2.75) is 13.5 Å². The van der Waals surface area contributed by atoms with Gasteiger partial charge in [0.25, 0.3) is 5.19 Å². The van der Waals surface area contributed by atoms with Gasteiger partial charge in [-0.1, -0.05) is 11.3 Å². The Bertz CT molecular complexity index is 672. The van der Waals surface area contributed by atoms with Crippen molar-refractivity contribution < 1.29 is 4.74 Å². The molecule has 8 heteroatoms. The van der Waals surface area contributed by atoms with Crippen molar-refractivity contribution in [3.63, 3.8) is 0 Å². The minimum atomic E-state index is 0.591. The molecular weight excluding hydrogens is 312 g/mol. The molecule has 0 aliphatic carbocycles. The second kappa shape index (κ2) is 7.35. The van der Waals surface area contributed by atoms with Crippen LogP contribution in [0.2, 0.25) is 0 Å². The van der Waals surface area contributed by atoms with Crippen LogP contribution in [-0.2, 0) is 6.54 Å². The molecule has 2 aromatic heterocycles. The summed E-state index contributed by atoms with van der Waals surface area (Å²) in [6, 6.07) is 5.81. The van der Waals surface area contributed by atoms with Gasteiger partial charge in [0.1, 0.15) is 16.9 Å². The fourth-order valence-corrected chi connectivity index (χ4v) is 3.24. The summed E-state index contributed by atoms with van der Waals surface area (Å²) in [6.07, 6.45) is 1.62. The van der Waals surface area contributed by atoms with Gasteiger partial charge in [0, 0.05) is 32.4 Å². The van der Waals surface area contributed by atoms with Crippen LogP contribution in [0.15, 0.2) is 18.3 Å². The van der Waals surface area contributed by atoms with E-state index in [4.69, 9.17) is 10.00 Å². The van der Waals surface area contributed by atoms with Gasteiger partial charge >= 0.3 is 0 Å². The van der Waals surface area contributed by atoms with Crippen LogP contribution in [0.3, 0.4) is 0 Å². The highest BCUT2D eigenvalue weighted by Crippen LogP contribution is 2.20. The third kappa shape index (κ3) is 3.94. The molecule has 0 bridgehead atoms. The molecule has 7 nitrogen and oxygen atoms in total. The van der Waals surface area contributed by atoms with Crippen LogP contribution in [0.4, 0.5) is 5.82 Å². The first kappa shape index (κ1) is 15.6. The van der Waals surface area contributed by atoms with Gasteiger partial charge in [-0.25, -0.2) is 4.98 Å². The van der Waals surface area contributed by atoms with E-state index in [1.807, 2.05) is 19.1 Å². The first-order valence-corrected chi connectivity index (χ1v) is 8.38. The Morgan fingerprint density at radius 3 is 2.74 bits per heavy atom. The predicted molar refractivity (Wildman–Crippen MR) is 87.5 cm³/mol. The summed E-state index contributed by atoms with van der Waals surface area (Å²) in [5, 5.41) is 18.6. The average Bonchev–Trinajstić information content (AvgIpc) is 3.03. The molecule has 0 spiro atoms. The molecule has 23 heavy (non-hydrogen) atoms. The number of aromatic nitrogens is 3. The van der Waals surface area contributed by atoms with E-state index in [0.29, 0.717) is 17.4 Å². The van der Waals surface area contributed by atoms with Crippen LogP contribution in [0.1, 0.15) is 17.5 Å². The highest BCUT2D eigenvalue weighted by Gasteiger charge is 2.19. The predicted octanol–water partition coefficient (Wildman–Crippen LogP) is 1.53. The van der Waals surface area contributed by atoms with Crippen molar-refractivity contribution >= 4 is 17.2 Å². The van der Waals surface area contributed by atoms with Gasteiger partial charge in [0.05, 0.1) is 18.7 Å². The zero-order valence-electron chi connectivity index (χ0n) is 13.0. The minimum Gasteiger partial charge on any atom is -0.469 e. The highest BCUT2D eigenvalue weighted by molar-refractivity contribution is 7.13. The average molecular weight is 330 g/mol. The molecule has 3 rings (SSSR count). The molecule has 2 aromatic rings. The van der Waals surface area contributed by atoms with Crippen LogP contribution in [-0.4, -0.2) is 52.9 Å². The number of anilines is 1. The molecule has 0 N–H and O–H groups in total. The van der Waals surface area contributed by atoms with Crippen molar-refractivity contribution in [2.24, 2.45) is 0 Å². The summed E-state index contributed by atoms with van der Waals surface area (Å²) in [5.41, 5.74) is 0.591. The number of rotatable bonds is 5. The van der Waals surface area contributed by atoms with E-state index >= 15 is 0 Å². The van der Waals surface area contributed by atoms with Gasteiger partial charge in [0.15, 0.2) is 0 Å². The van der Waals surface area contributed by atoms with E-state index in [0.717, 1.165) is 43.5 Å². The van der Waals surface area contributed by atoms with Gasteiger partial charge < -0.3 is 9.64 Å². The van der Waals surface area contributed by atoms with E-state index in [-0.39, 0.29) is 0 Å². The first-order valence-electron chi connectivity index (χ1n) is 7.57. The lowest BCUT2D eigenvalue weighted by atomic mass is 10.2. The Hall–Kier alpha value is -2.24. The Kier molecular flexibility index (Phi) is 5.00. The summed E-state index contributed by atoms with van der Waals surface area (Å²) < 4.78 is 5.36. The molecule has 1 aliphatic heterocycles. The number of pyridine rings is 1. The fraction of sp³-hybridized carbons (Fsp3) is 0.467. The number of ether oxygens (including phenoxy) is 1. The van der Waals surface area contributed by atoms with Crippen molar-refractivity contribution in [1.82, 2.24) is 20.1 Å². The summed E-state index contributed by atoms with van der Waals surface area (Å²) in [6.45, 7) is 7.09. The van der Waals surface area contributed by atoms with Crippen LogP contribution in [0, 0.1) is 11.3 Å². The van der Waals surface area contributed by atoms with E-state index in [1.54, 1.807) is 6.20 Å². The molecule has 0 radical (unpaired) electrons. The highest BCUT2D eigenvalue weighted by atomic mass is 32.1. The second-order valence-corrected chi connectivity index (χ2v) is 6.20. The summed E-state index contributed by atoms with van der Waals surface area (Å²) in [4.78, 5) is 8.95. The lowest BCUT2D eigenvalue weighted by molar-refractivity contribution is 0.248. The summed E-state index contributed by atoms with van der Waals surface area (Å²) in [7, 11) is 0. The van der Waals surface area contributed by atoms with E-state index in [9.17, 15) is 0 Å². The van der Waals surface area contributed by atoms with Crippen molar-refractivity contribution in [3.05, 3.63) is 28.9 Å². The Balaban J connectivity index is 1.52. The van der Waals surface area contributed by atoms with E-state index in [2.05, 4.69) is 31.1 Å². The molecule has 0 aromatic carbocycles. The maximum Gasteiger partial charge on any atom is 0.294 e. The maximum atomic E-state index is 8.82.